The van der Waals surface area contributed by atoms with E-state index < -0.39 is 25.4 Å². The summed E-state index contributed by atoms with van der Waals surface area (Å²) >= 11 is 0. The molecule has 5 nitrogen and oxygen atoms in total. The van der Waals surface area contributed by atoms with Gasteiger partial charge < -0.3 is 18.7 Å². The Morgan fingerprint density at radius 1 is 0.490 bits per heavy atom. The Labute approximate surface area is 299 Å². The zero-order chi connectivity index (χ0) is 37.7. The van der Waals surface area contributed by atoms with Gasteiger partial charge in [0, 0.05) is 22.3 Å². The van der Waals surface area contributed by atoms with E-state index in [1.807, 2.05) is 30.3 Å². The number of ether oxygens (including phenoxy) is 1. The van der Waals surface area contributed by atoms with Crippen LogP contribution in [0.25, 0.3) is 0 Å². The van der Waals surface area contributed by atoms with Crippen molar-refractivity contribution < 1.29 is 23.5 Å². The summed E-state index contributed by atoms with van der Waals surface area (Å²) in [4.78, 5) is 25.4. The molecule has 0 aliphatic carbocycles. The fourth-order valence-electron chi connectivity index (χ4n) is 5.63. The first-order chi connectivity index (χ1) is 21.9. The van der Waals surface area contributed by atoms with Gasteiger partial charge in [-0.2, -0.15) is 0 Å². The molecule has 0 amide bonds. The maximum Gasteiger partial charge on any atom is 0.460 e. The van der Waals surface area contributed by atoms with E-state index in [0.717, 1.165) is 22.3 Å². The molecule has 0 heterocycles. The van der Waals surface area contributed by atoms with Crippen molar-refractivity contribution in [3.8, 4) is 17.2 Å². The molecule has 1 atom stereocenters. The summed E-state index contributed by atoms with van der Waals surface area (Å²) in [7, 11) is -2.37. The smallest absolute Gasteiger partial charge is 0.423 e. The van der Waals surface area contributed by atoms with Crippen molar-refractivity contribution in [3.05, 3.63) is 87.5 Å². The third-order valence-electron chi connectivity index (χ3n) is 8.80. The Bertz CT molecular complexity index is 1620. The fraction of sp³-hybridized carbons (Fsp3) is 0.558. The summed E-state index contributed by atoms with van der Waals surface area (Å²) in [6, 6.07) is 16.0. The molecule has 0 aliphatic heterocycles. The Balaban J connectivity index is 2.11. The van der Waals surface area contributed by atoms with Gasteiger partial charge in [-0.05, 0) is 67.9 Å². The molecule has 270 valence electrons. The van der Waals surface area contributed by atoms with Gasteiger partial charge in [-0.15, -0.1) is 0 Å². The van der Waals surface area contributed by atoms with Crippen molar-refractivity contribution in [1.82, 2.24) is 0 Å². The summed E-state index contributed by atoms with van der Waals surface area (Å²) in [6.45, 7) is 38.3. The standard InChI is InChI=1S/C43H63O5P/c1-38(2,3)28-19-21-34(30(25-28)40(7,8)9)46-37(44)27-23-32(42(13,14)15)36(33(24-27)43(16,17)18)48-49(45)47-35-22-20-29(39(4,5)6)26-31(35)41(10,11)12/h19-26,45H,1-18H3. The predicted molar refractivity (Wildman–Crippen MR) is 207 cm³/mol. The van der Waals surface area contributed by atoms with Gasteiger partial charge in [-0.25, -0.2) is 4.79 Å². The maximum atomic E-state index is 14.0. The average Bonchev–Trinajstić information content (AvgIpc) is 2.89. The summed E-state index contributed by atoms with van der Waals surface area (Å²) in [5, 5.41) is 0. The molecule has 6 heteroatoms. The van der Waals surface area contributed by atoms with Crippen LogP contribution < -0.4 is 13.8 Å². The second-order valence-electron chi connectivity index (χ2n) is 19.6. The third-order valence-corrected chi connectivity index (χ3v) is 9.49. The highest BCUT2D eigenvalue weighted by atomic mass is 31.2. The second kappa shape index (κ2) is 13.7. The van der Waals surface area contributed by atoms with Crippen molar-refractivity contribution in [2.75, 3.05) is 0 Å². The highest BCUT2D eigenvalue weighted by Crippen LogP contribution is 2.48. The number of esters is 1. The van der Waals surface area contributed by atoms with Crippen molar-refractivity contribution in [1.29, 1.82) is 0 Å². The minimum atomic E-state index is -2.37. The molecule has 1 unspecified atom stereocenters. The van der Waals surface area contributed by atoms with Crippen molar-refractivity contribution in [2.24, 2.45) is 0 Å². The Morgan fingerprint density at radius 2 is 0.857 bits per heavy atom. The normalized spacial score (nSPS) is 14.0. The second-order valence-corrected chi connectivity index (χ2v) is 20.5. The van der Waals surface area contributed by atoms with Crippen LogP contribution in [0, 0.1) is 0 Å². The van der Waals surface area contributed by atoms with Gasteiger partial charge in [-0.1, -0.05) is 149 Å². The van der Waals surface area contributed by atoms with E-state index in [2.05, 4.69) is 143 Å². The van der Waals surface area contributed by atoms with Gasteiger partial charge in [-0.3, -0.25) is 0 Å². The van der Waals surface area contributed by atoms with Crippen LogP contribution in [0.1, 0.15) is 168 Å². The SMILES string of the molecule is CC(C)(C)c1ccc(OC(=O)c2cc(C(C)(C)C)c(OP(O)Oc3ccc(C(C)(C)C)cc3C(C)(C)C)c(C(C)(C)C)c2)c(C(C)(C)C)c1. The molecule has 0 fully saturated rings. The molecule has 49 heavy (non-hydrogen) atoms. The average molecular weight is 691 g/mol. The van der Waals surface area contributed by atoms with Gasteiger partial charge >= 0.3 is 14.6 Å². The van der Waals surface area contributed by atoms with E-state index in [9.17, 15) is 9.69 Å². The first kappa shape index (κ1) is 40.5. The van der Waals surface area contributed by atoms with Crippen LogP contribution in [0.15, 0.2) is 48.5 Å². The lowest BCUT2D eigenvalue weighted by atomic mass is 9.78. The van der Waals surface area contributed by atoms with Crippen molar-refractivity contribution in [2.45, 2.75) is 157 Å². The maximum absolute atomic E-state index is 14.0. The first-order valence-corrected chi connectivity index (χ1v) is 18.6. The summed E-state index contributed by atoms with van der Waals surface area (Å²) in [6.07, 6.45) is 0. The molecule has 0 aliphatic rings. The van der Waals surface area contributed by atoms with E-state index in [0.29, 0.717) is 22.8 Å². The minimum absolute atomic E-state index is 0.0325. The first-order valence-electron chi connectivity index (χ1n) is 17.5. The third kappa shape index (κ3) is 10.1. The predicted octanol–water partition coefficient (Wildman–Crippen LogP) is 12.4. The summed E-state index contributed by atoms with van der Waals surface area (Å²) in [5.74, 6) is 1.24. The monoisotopic (exact) mass is 690 g/mol. The van der Waals surface area contributed by atoms with Crippen LogP contribution in [-0.4, -0.2) is 10.9 Å². The number of hydrogen-bond acceptors (Lipinski definition) is 5. The van der Waals surface area contributed by atoms with Crippen molar-refractivity contribution in [3.63, 3.8) is 0 Å². The van der Waals surface area contributed by atoms with Gasteiger partial charge in [0.2, 0.25) is 0 Å². The molecule has 3 rings (SSSR count). The number of carbonyl (C=O) groups excluding carboxylic acids is 1. The zero-order valence-electron chi connectivity index (χ0n) is 33.6. The molecule has 1 N–H and O–H groups in total. The van der Waals surface area contributed by atoms with Gasteiger partial charge in [0.25, 0.3) is 0 Å². The summed E-state index contributed by atoms with van der Waals surface area (Å²) in [5.41, 5.74) is 4.97. The Hall–Kier alpha value is -2.88. The lowest BCUT2D eigenvalue weighted by molar-refractivity contribution is 0.0731. The molecule has 0 bridgehead atoms. The molecule has 0 saturated carbocycles. The van der Waals surface area contributed by atoms with E-state index in [4.69, 9.17) is 13.8 Å². The van der Waals surface area contributed by atoms with Gasteiger partial charge in [0.05, 0.1) is 5.56 Å². The Kier molecular flexibility index (Phi) is 11.3. The Morgan fingerprint density at radius 3 is 1.22 bits per heavy atom. The highest BCUT2D eigenvalue weighted by Gasteiger charge is 2.33. The molecule has 3 aromatic rings. The lowest BCUT2D eigenvalue weighted by Gasteiger charge is -2.31. The number of rotatable bonds is 6. The van der Waals surface area contributed by atoms with Crippen LogP contribution in [-0.2, 0) is 32.5 Å². The van der Waals surface area contributed by atoms with E-state index in [1.165, 1.54) is 11.1 Å². The van der Waals surface area contributed by atoms with Crippen LogP contribution >= 0.6 is 8.60 Å². The van der Waals surface area contributed by atoms with Gasteiger partial charge in [0.1, 0.15) is 17.2 Å². The lowest BCUT2D eigenvalue weighted by Crippen LogP contribution is -2.23. The number of benzene rings is 3. The largest absolute Gasteiger partial charge is 0.460 e. The van der Waals surface area contributed by atoms with E-state index in [1.54, 1.807) is 0 Å². The van der Waals surface area contributed by atoms with Gasteiger partial charge in [0.15, 0.2) is 0 Å². The molecule has 0 saturated heterocycles. The van der Waals surface area contributed by atoms with Crippen LogP contribution in [0.3, 0.4) is 0 Å². The number of carbonyl (C=O) groups is 1. The van der Waals surface area contributed by atoms with E-state index >= 15 is 0 Å². The van der Waals surface area contributed by atoms with Crippen LogP contribution in [0.4, 0.5) is 0 Å². The summed E-state index contributed by atoms with van der Waals surface area (Å²) < 4.78 is 18.8. The van der Waals surface area contributed by atoms with Crippen molar-refractivity contribution >= 4 is 14.6 Å². The minimum Gasteiger partial charge on any atom is -0.423 e. The fourth-order valence-corrected chi connectivity index (χ4v) is 6.35. The molecule has 0 radical (unpaired) electrons. The topological polar surface area (TPSA) is 65.0 Å². The molecule has 3 aromatic carbocycles. The zero-order valence-corrected chi connectivity index (χ0v) is 34.5. The van der Waals surface area contributed by atoms with Crippen LogP contribution in [0.5, 0.6) is 17.2 Å². The van der Waals surface area contributed by atoms with E-state index in [-0.39, 0.29) is 21.7 Å². The highest BCUT2D eigenvalue weighted by molar-refractivity contribution is 7.41. The quantitative estimate of drug-likeness (QED) is 0.158. The molecular formula is C43H63O5P. The molecular weight excluding hydrogens is 627 g/mol. The van der Waals surface area contributed by atoms with Crippen LogP contribution in [0.2, 0.25) is 0 Å². The number of hydrogen-bond donors (Lipinski definition) is 1. The molecule has 0 aromatic heterocycles. The molecule has 0 spiro atoms.